The number of hydrogen-bond donors (Lipinski definition) is 1. The van der Waals surface area contributed by atoms with Gasteiger partial charge < -0.3 is 9.88 Å². The summed E-state index contributed by atoms with van der Waals surface area (Å²) in [6.45, 7) is 0.850. The third-order valence-electron chi connectivity index (χ3n) is 4.72. The fourth-order valence-corrected chi connectivity index (χ4v) is 3.31. The molecule has 0 radical (unpaired) electrons. The number of benzene rings is 1. The molecule has 0 bridgehead atoms. The zero-order valence-electron chi connectivity index (χ0n) is 12.5. The van der Waals surface area contributed by atoms with Gasteiger partial charge in [0.05, 0.1) is 17.1 Å². The molecule has 1 saturated carbocycles. The first-order valence-corrected chi connectivity index (χ1v) is 8.00. The third kappa shape index (κ3) is 2.37. The molecule has 4 nitrogen and oxygen atoms in total. The highest BCUT2D eigenvalue weighted by atomic mass is 16.2. The Hall–Kier alpha value is -2.28. The predicted octanol–water partition coefficient (Wildman–Crippen LogP) is 3.01. The van der Waals surface area contributed by atoms with Crippen molar-refractivity contribution >= 4 is 16.9 Å². The van der Waals surface area contributed by atoms with Crippen molar-refractivity contribution in [2.24, 2.45) is 5.92 Å². The summed E-state index contributed by atoms with van der Waals surface area (Å²) in [5, 5.41) is 0. The Kier molecular flexibility index (Phi) is 3.15. The highest BCUT2D eigenvalue weighted by Gasteiger charge is 2.34. The lowest BCUT2D eigenvalue weighted by molar-refractivity contribution is -0.132. The van der Waals surface area contributed by atoms with Crippen LogP contribution in [0.15, 0.2) is 18.2 Å². The Labute approximate surface area is 129 Å². The monoisotopic (exact) mass is 293 g/mol. The molecule has 1 amide bonds. The first-order chi connectivity index (χ1) is 10.7. The number of fused-ring (bicyclic) bond motifs is 1. The summed E-state index contributed by atoms with van der Waals surface area (Å²) in [5.74, 6) is 4.45. The molecule has 0 spiro atoms. The molecule has 1 aliphatic heterocycles. The molecule has 22 heavy (non-hydrogen) atoms. The topological polar surface area (TPSA) is 49.0 Å². The van der Waals surface area contributed by atoms with E-state index in [1.165, 1.54) is 12.8 Å². The molecular formula is C18H19N3O. The van der Waals surface area contributed by atoms with E-state index in [4.69, 9.17) is 6.42 Å². The highest BCUT2D eigenvalue weighted by Crippen LogP contribution is 2.37. The minimum atomic E-state index is 0.0907. The lowest BCUT2D eigenvalue weighted by atomic mass is 10.2. The Bertz CT molecular complexity index is 766. The summed E-state index contributed by atoms with van der Waals surface area (Å²) < 4.78 is 0. The van der Waals surface area contributed by atoms with E-state index in [-0.39, 0.29) is 11.9 Å². The van der Waals surface area contributed by atoms with Crippen molar-refractivity contribution in [1.29, 1.82) is 0 Å². The largest absolute Gasteiger partial charge is 0.340 e. The van der Waals surface area contributed by atoms with Crippen molar-refractivity contribution in [2.75, 3.05) is 6.54 Å². The number of nitrogens with zero attached hydrogens (tertiary/aromatic N) is 2. The van der Waals surface area contributed by atoms with Crippen LogP contribution in [0.3, 0.4) is 0 Å². The van der Waals surface area contributed by atoms with Gasteiger partial charge in [0.15, 0.2) is 0 Å². The molecule has 4 heteroatoms. The maximum absolute atomic E-state index is 12.5. The average Bonchev–Trinajstić information content (AvgIpc) is 3.06. The van der Waals surface area contributed by atoms with Gasteiger partial charge in [-0.3, -0.25) is 4.79 Å². The molecule has 2 aliphatic rings. The van der Waals surface area contributed by atoms with Gasteiger partial charge in [-0.15, -0.1) is 6.42 Å². The van der Waals surface area contributed by atoms with E-state index >= 15 is 0 Å². The minimum absolute atomic E-state index is 0.0907. The number of imidazole rings is 1. The van der Waals surface area contributed by atoms with Crippen LogP contribution < -0.4 is 0 Å². The average molecular weight is 293 g/mol. The smallest absolute Gasteiger partial charge is 0.223 e. The second-order valence-corrected chi connectivity index (χ2v) is 6.39. The molecule has 1 atom stereocenters. The van der Waals surface area contributed by atoms with Gasteiger partial charge in [-0.1, -0.05) is 5.92 Å². The van der Waals surface area contributed by atoms with E-state index in [9.17, 15) is 4.79 Å². The summed E-state index contributed by atoms with van der Waals surface area (Å²) in [7, 11) is 0. The molecule has 1 aromatic carbocycles. The lowest BCUT2D eigenvalue weighted by Gasteiger charge is -2.23. The number of H-pyrrole nitrogens is 1. The van der Waals surface area contributed by atoms with Crippen LogP contribution in [0.2, 0.25) is 0 Å². The number of rotatable bonds is 3. The molecule has 2 aromatic rings. The van der Waals surface area contributed by atoms with Crippen LogP contribution in [-0.4, -0.2) is 27.3 Å². The number of carbonyl (C=O) groups is 1. The molecule has 4 rings (SSSR count). The van der Waals surface area contributed by atoms with Gasteiger partial charge in [-0.2, -0.15) is 0 Å². The normalized spacial score (nSPS) is 21.2. The van der Waals surface area contributed by atoms with Gasteiger partial charge in [-0.05, 0) is 49.8 Å². The van der Waals surface area contributed by atoms with Crippen molar-refractivity contribution in [3.05, 3.63) is 29.6 Å². The summed E-state index contributed by atoms with van der Waals surface area (Å²) in [6, 6.07) is 5.87. The SMILES string of the molecule is C#Cc1ccc2nc([C@@H]3CCCN3C(=O)CC3CC3)[nH]c2c1. The van der Waals surface area contributed by atoms with Gasteiger partial charge >= 0.3 is 0 Å². The Morgan fingerprint density at radius 1 is 1.41 bits per heavy atom. The molecule has 1 N–H and O–H groups in total. The van der Waals surface area contributed by atoms with Crippen LogP contribution in [0.5, 0.6) is 0 Å². The number of likely N-dealkylation sites (tertiary alicyclic amines) is 1. The molecule has 1 saturated heterocycles. The van der Waals surface area contributed by atoms with Crippen molar-refractivity contribution in [1.82, 2.24) is 14.9 Å². The predicted molar refractivity (Wildman–Crippen MR) is 85.1 cm³/mol. The lowest BCUT2D eigenvalue weighted by Crippen LogP contribution is -2.31. The molecule has 0 unspecified atom stereocenters. The van der Waals surface area contributed by atoms with Crippen molar-refractivity contribution in [3.8, 4) is 12.3 Å². The minimum Gasteiger partial charge on any atom is -0.340 e. The number of terminal acetylenes is 1. The maximum Gasteiger partial charge on any atom is 0.223 e. The summed E-state index contributed by atoms with van der Waals surface area (Å²) in [4.78, 5) is 22.5. The van der Waals surface area contributed by atoms with E-state index in [1.54, 1.807) is 0 Å². The van der Waals surface area contributed by atoms with E-state index in [0.717, 1.165) is 41.8 Å². The van der Waals surface area contributed by atoms with E-state index in [1.807, 2.05) is 23.1 Å². The first-order valence-electron chi connectivity index (χ1n) is 8.00. The van der Waals surface area contributed by atoms with Crippen molar-refractivity contribution < 1.29 is 4.79 Å². The molecule has 2 fully saturated rings. The molecule has 1 aliphatic carbocycles. The number of amides is 1. The van der Waals surface area contributed by atoms with Gasteiger partial charge in [0.2, 0.25) is 5.91 Å². The van der Waals surface area contributed by atoms with Gasteiger partial charge in [-0.25, -0.2) is 4.98 Å². The molecule has 2 heterocycles. The quantitative estimate of drug-likeness (QED) is 0.884. The van der Waals surface area contributed by atoms with Gasteiger partial charge in [0.1, 0.15) is 5.82 Å². The first kappa shape index (κ1) is 13.4. The van der Waals surface area contributed by atoms with Crippen LogP contribution in [0.4, 0.5) is 0 Å². The number of nitrogens with one attached hydrogen (secondary N) is 1. The molecule has 1 aromatic heterocycles. The number of aromatic amines is 1. The van der Waals surface area contributed by atoms with E-state index in [2.05, 4.69) is 15.9 Å². The second kappa shape index (κ2) is 5.17. The highest BCUT2D eigenvalue weighted by molar-refractivity contribution is 5.79. The van der Waals surface area contributed by atoms with Gasteiger partial charge in [0.25, 0.3) is 0 Å². The van der Waals surface area contributed by atoms with Crippen LogP contribution in [0.1, 0.15) is 49.5 Å². The zero-order chi connectivity index (χ0) is 15.1. The fourth-order valence-electron chi connectivity index (χ4n) is 3.31. The Morgan fingerprint density at radius 3 is 3.05 bits per heavy atom. The van der Waals surface area contributed by atoms with E-state index in [0.29, 0.717) is 12.3 Å². The number of carbonyl (C=O) groups excluding carboxylic acids is 1. The maximum atomic E-state index is 12.5. The molecular weight excluding hydrogens is 274 g/mol. The van der Waals surface area contributed by atoms with Gasteiger partial charge in [0, 0.05) is 18.5 Å². The third-order valence-corrected chi connectivity index (χ3v) is 4.72. The number of aromatic nitrogens is 2. The van der Waals surface area contributed by atoms with Crippen LogP contribution in [-0.2, 0) is 4.79 Å². The summed E-state index contributed by atoms with van der Waals surface area (Å²) in [5.41, 5.74) is 2.71. The van der Waals surface area contributed by atoms with E-state index < -0.39 is 0 Å². The van der Waals surface area contributed by atoms with Crippen LogP contribution in [0.25, 0.3) is 11.0 Å². The Morgan fingerprint density at radius 2 is 2.27 bits per heavy atom. The zero-order valence-corrected chi connectivity index (χ0v) is 12.5. The standard InChI is InChI=1S/C18H19N3O/c1-2-12-7-8-14-15(10-12)20-18(19-14)16-4-3-9-21(16)17(22)11-13-5-6-13/h1,7-8,10,13,16H,3-6,9,11H2,(H,19,20)/t16-/m0/s1. The van der Waals surface area contributed by atoms with Crippen LogP contribution in [0, 0.1) is 18.3 Å². The van der Waals surface area contributed by atoms with Crippen molar-refractivity contribution in [2.45, 2.75) is 38.1 Å². The van der Waals surface area contributed by atoms with Crippen molar-refractivity contribution in [3.63, 3.8) is 0 Å². The number of hydrogen-bond acceptors (Lipinski definition) is 2. The molecule has 112 valence electrons. The second-order valence-electron chi connectivity index (χ2n) is 6.39. The van der Waals surface area contributed by atoms with Crippen LogP contribution >= 0.6 is 0 Å². The summed E-state index contributed by atoms with van der Waals surface area (Å²) in [6.07, 6.45) is 10.6. The fraction of sp³-hybridized carbons (Fsp3) is 0.444. The Balaban J connectivity index is 1.62. The summed E-state index contributed by atoms with van der Waals surface area (Å²) >= 11 is 0.